The summed E-state index contributed by atoms with van der Waals surface area (Å²) < 4.78 is 3.46. The third-order valence-electron chi connectivity index (χ3n) is 4.94. The lowest BCUT2D eigenvalue weighted by molar-refractivity contribution is 0.0968. The molecule has 1 aliphatic heterocycles. The molecule has 27 heavy (non-hydrogen) atoms. The average molecular weight is 395 g/mol. The molecule has 0 amide bonds. The van der Waals surface area contributed by atoms with Gasteiger partial charge in [-0.3, -0.25) is 14.2 Å². The van der Waals surface area contributed by atoms with Gasteiger partial charge in [-0.15, -0.1) is 0 Å². The van der Waals surface area contributed by atoms with E-state index >= 15 is 0 Å². The Morgan fingerprint density at radius 1 is 0.926 bits per heavy atom. The van der Waals surface area contributed by atoms with Crippen LogP contribution in [0.15, 0.2) is 65.6 Å². The van der Waals surface area contributed by atoms with Crippen molar-refractivity contribution in [1.82, 2.24) is 9.13 Å². The third-order valence-corrected chi connectivity index (χ3v) is 5.54. The van der Waals surface area contributed by atoms with Crippen LogP contribution in [0, 0.1) is 0 Å². The van der Waals surface area contributed by atoms with Gasteiger partial charge < -0.3 is 4.57 Å². The fraction of sp³-hybridized carbons (Fsp3) is 0.0476. The first-order valence-corrected chi connectivity index (χ1v) is 9.14. The van der Waals surface area contributed by atoms with E-state index in [1.54, 1.807) is 30.5 Å². The minimum Gasteiger partial charge on any atom is -0.334 e. The van der Waals surface area contributed by atoms with Crippen molar-refractivity contribution in [2.45, 2.75) is 6.54 Å². The fourth-order valence-corrected chi connectivity index (χ4v) is 4.08. The zero-order valence-corrected chi connectivity index (χ0v) is 15.5. The maximum atomic E-state index is 13.1. The Morgan fingerprint density at radius 2 is 1.74 bits per heavy atom. The fourth-order valence-electron chi connectivity index (χ4n) is 3.72. The molecule has 6 heteroatoms. The molecular weight excluding hydrogens is 383 g/mol. The van der Waals surface area contributed by atoms with Crippen molar-refractivity contribution >= 4 is 40.0 Å². The van der Waals surface area contributed by atoms with Gasteiger partial charge in [0.2, 0.25) is 5.43 Å². The summed E-state index contributed by atoms with van der Waals surface area (Å²) in [4.78, 5) is 25.9. The van der Waals surface area contributed by atoms with Crippen molar-refractivity contribution in [1.29, 1.82) is 0 Å². The monoisotopic (exact) mass is 394 g/mol. The number of aromatic nitrogens is 2. The zero-order chi connectivity index (χ0) is 18.7. The van der Waals surface area contributed by atoms with Crippen LogP contribution in [0.25, 0.3) is 22.3 Å². The Balaban J connectivity index is 1.92. The maximum Gasteiger partial charge on any atom is 0.268 e. The number of carbonyl (C=O) groups is 1. The molecule has 0 fully saturated rings. The number of nitrogens with zero attached hydrogens (tertiary/aromatic N) is 2. The molecule has 2 aromatic carbocycles. The number of hydrogen-bond acceptors (Lipinski definition) is 2. The molecule has 4 aromatic rings. The Kier molecular flexibility index (Phi) is 3.54. The van der Waals surface area contributed by atoms with E-state index in [2.05, 4.69) is 0 Å². The average Bonchev–Trinajstić information content (AvgIpc) is 3.23. The van der Waals surface area contributed by atoms with E-state index in [9.17, 15) is 9.59 Å². The van der Waals surface area contributed by atoms with Gasteiger partial charge in [0.15, 0.2) is 0 Å². The first-order valence-electron chi connectivity index (χ1n) is 8.38. The second-order valence-corrected chi connectivity index (χ2v) is 7.30. The van der Waals surface area contributed by atoms with Gasteiger partial charge in [-0.25, -0.2) is 0 Å². The summed E-state index contributed by atoms with van der Waals surface area (Å²) in [5.74, 6) is -0.306. The topological polar surface area (TPSA) is 44.0 Å². The minimum absolute atomic E-state index is 0.187. The van der Waals surface area contributed by atoms with E-state index in [1.807, 2.05) is 34.9 Å². The quantitative estimate of drug-likeness (QED) is 0.430. The number of hydrogen-bond donors (Lipinski definition) is 0. The number of rotatable bonds is 2. The van der Waals surface area contributed by atoms with Crippen LogP contribution in [0.3, 0.4) is 0 Å². The van der Waals surface area contributed by atoms with Gasteiger partial charge in [-0.2, -0.15) is 0 Å². The van der Waals surface area contributed by atoms with Gasteiger partial charge >= 0.3 is 0 Å². The van der Waals surface area contributed by atoms with Gasteiger partial charge in [0.25, 0.3) is 5.91 Å². The van der Waals surface area contributed by atoms with Crippen LogP contribution in [0.5, 0.6) is 0 Å². The van der Waals surface area contributed by atoms with Crippen molar-refractivity contribution in [3.63, 3.8) is 0 Å². The van der Waals surface area contributed by atoms with E-state index < -0.39 is 0 Å². The molecule has 0 saturated carbocycles. The summed E-state index contributed by atoms with van der Waals surface area (Å²) in [6.07, 6.45) is 1.68. The predicted octanol–water partition coefficient (Wildman–Crippen LogP) is 4.83. The largest absolute Gasteiger partial charge is 0.334 e. The number of fused-ring (bicyclic) bond motifs is 4. The molecule has 2 aromatic heterocycles. The van der Waals surface area contributed by atoms with Crippen molar-refractivity contribution in [2.24, 2.45) is 0 Å². The standard InChI is InChI=1S/C21H12Cl2N2O2/c22-13-7-8-14-17(10-13)25(11-12-4-1-2-5-15(12)23)19-16-6-3-9-24(16)21(27)18(19)20(14)26/h1-10H,11H2. The van der Waals surface area contributed by atoms with E-state index in [1.165, 1.54) is 4.57 Å². The Bertz CT molecular complexity index is 1320. The molecule has 0 atom stereocenters. The molecule has 132 valence electrons. The number of benzene rings is 2. The summed E-state index contributed by atoms with van der Waals surface area (Å²) in [6, 6.07) is 16.2. The molecule has 0 aliphatic carbocycles. The van der Waals surface area contributed by atoms with Crippen molar-refractivity contribution in [2.75, 3.05) is 0 Å². The van der Waals surface area contributed by atoms with E-state index in [0.29, 0.717) is 38.9 Å². The molecular formula is C21H12Cl2N2O2. The molecule has 0 N–H and O–H groups in total. The van der Waals surface area contributed by atoms with Crippen LogP contribution >= 0.6 is 23.2 Å². The van der Waals surface area contributed by atoms with E-state index in [0.717, 1.165) is 5.56 Å². The van der Waals surface area contributed by atoms with Crippen molar-refractivity contribution in [3.05, 3.63) is 92.2 Å². The predicted molar refractivity (Wildman–Crippen MR) is 107 cm³/mol. The van der Waals surface area contributed by atoms with Gasteiger partial charge in [0.05, 0.1) is 16.9 Å². The lowest BCUT2D eigenvalue weighted by Gasteiger charge is -2.17. The molecule has 0 unspecified atom stereocenters. The highest BCUT2D eigenvalue weighted by Crippen LogP contribution is 2.34. The Labute approximate surface area is 164 Å². The second kappa shape index (κ2) is 5.84. The normalized spacial score (nSPS) is 12.4. The molecule has 0 spiro atoms. The first-order chi connectivity index (χ1) is 13.1. The SMILES string of the molecule is O=C1c2c(n(Cc3ccccc3Cl)c3cc(Cl)ccc3c2=O)-c2cccn21. The molecule has 0 saturated heterocycles. The lowest BCUT2D eigenvalue weighted by Crippen LogP contribution is -2.20. The van der Waals surface area contributed by atoms with E-state index in [-0.39, 0.29) is 16.9 Å². The Morgan fingerprint density at radius 3 is 2.56 bits per heavy atom. The summed E-state index contributed by atoms with van der Waals surface area (Å²) >= 11 is 12.6. The van der Waals surface area contributed by atoms with E-state index in [4.69, 9.17) is 23.2 Å². The van der Waals surface area contributed by atoms with Crippen LogP contribution < -0.4 is 5.43 Å². The van der Waals surface area contributed by atoms with Crippen molar-refractivity contribution < 1.29 is 4.79 Å². The Hall–Kier alpha value is -2.82. The molecule has 5 rings (SSSR count). The number of pyridine rings is 1. The molecule has 0 radical (unpaired) electrons. The zero-order valence-electron chi connectivity index (χ0n) is 13.9. The molecule has 1 aliphatic rings. The van der Waals surface area contributed by atoms with Crippen LogP contribution in [0.2, 0.25) is 10.0 Å². The highest BCUT2D eigenvalue weighted by Gasteiger charge is 2.33. The summed E-state index contributed by atoms with van der Waals surface area (Å²) in [5.41, 5.74) is 2.77. The highest BCUT2D eigenvalue weighted by atomic mass is 35.5. The summed E-state index contributed by atoms with van der Waals surface area (Å²) in [5, 5.41) is 1.61. The summed E-state index contributed by atoms with van der Waals surface area (Å²) in [6.45, 7) is 0.414. The van der Waals surface area contributed by atoms with Crippen LogP contribution in [0.1, 0.15) is 15.9 Å². The van der Waals surface area contributed by atoms with Crippen LogP contribution in [-0.4, -0.2) is 15.0 Å². The van der Waals surface area contributed by atoms with Crippen LogP contribution in [-0.2, 0) is 6.54 Å². The second-order valence-electron chi connectivity index (χ2n) is 6.46. The number of halogens is 2. The lowest BCUT2D eigenvalue weighted by atomic mass is 10.1. The van der Waals surface area contributed by atoms with Gasteiger partial charge in [0.1, 0.15) is 5.56 Å². The third kappa shape index (κ3) is 2.30. The first kappa shape index (κ1) is 16.4. The van der Waals surface area contributed by atoms with Gasteiger partial charge in [-0.1, -0.05) is 41.4 Å². The van der Waals surface area contributed by atoms with Gasteiger partial charge in [0, 0.05) is 28.2 Å². The highest BCUT2D eigenvalue weighted by molar-refractivity contribution is 6.31. The smallest absolute Gasteiger partial charge is 0.268 e. The van der Waals surface area contributed by atoms with Crippen molar-refractivity contribution in [3.8, 4) is 11.4 Å². The van der Waals surface area contributed by atoms with Gasteiger partial charge in [-0.05, 0) is 42.0 Å². The van der Waals surface area contributed by atoms with Crippen LogP contribution in [0.4, 0.5) is 0 Å². The minimum atomic E-state index is -0.306. The molecule has 3 heterocycles. The molecule has 4 nitrogen and oxygen atoms in total. The molecule has 0 bridgehead atoms. The maximum absolute atomic E-state index is 13.1. The summed E-state index contributed by atoms with van der Waals surface area (Å²) in [7, 11) is 0. The number of carbonyl (C=O) groups excluding carboxylic acids is 1.